The molecule has 0 aliphatic heterocycles. The molecule has 3 aromatic rings. The van der Waals surface area contributed by atoms with E-state index in [1.165, 1.54) is 6.20 Å². The summed E-state index contributed by atoms with van der Waals surface area (Å²) in [6.45, 7) is 0.137. The van der Waals surface area contributed by atoms with E-state index < -0.39 is 10.0 Å². The van der Waals surface area contributed by atoms with Crippen LogP contribution in [0.25, 0.3) is 10.9 Å². The molecule has 1 aromatic carbocycles. The van der Waals surface area contributed by atoms with E-state index >= 15 is 0 Å². The van der Waals surface area contributed by atoms with Crippen molar-refractivity contribution in [1.82, 2.24) is 14.7 Å². The van der Waals surface area contributed by atoms with Crippen LogP contribution in [0.5, 0.6) is 0 Å². The number of pyridine rings is 1. The monoisotopic (exact) mass is 302 g/mol. The molecule has 2 aromatic heterocycles. The number of rotatable bonds is 4. The third-order valence-electron chi connectivity index (χ3n) is 3.13. The number of benzene rings is 1. The van der Waals surface area contributed by atoms with E-state index in [2.05, 4.69) is 14.7 Å². The molecule has 2 heterocycles. The van der Waals surface area contributed by atoms with Crippen LogP contribution in [0.4, 0.5) is 5.69 Å². The summed E-state index contributed by atoms with van der Waals surface area (Å²) in [5.74, 6) is 0. The van der Waals surface area contributed by atoms with E-state index in [9.17, 15) is 8.42 Å². The lowest BCUT2D eigenvalue weighted by atomic mass is 10.2. The molecule has 0 bridgehead atoms. The number of sulfonamides is 1. The topological polar surface area (TPSA) is 101 Å². The number of hydrogen-bond donors (Lipinski definition) is 3. The van der Waals surface area contributed by atoms with Gasteiger partial charge in [-0.1, -0.05) is 6.07 Å². The van der Waals surface area contributed by atoms with Gasteiger partial charge in [0.2, 0.25) is 10.0 Å². The third kappa shape index (κ3) is 2.74. The van der Waals surface area contributed by atoms with Gasteiger partial charge in [-0.2, -0.15) is 0 Å². The van der Waals surface area contributed by atoms with Crippen molar-refractivity contribution in [1.29, 1.82) is 0 Å². The number of nitrogen functional groups attached to an aromatic ring is 1. The fourth-order valence-electron chi connectivity index (χ4n) is 2.08. The lowest BCUT2D eigenvalue weighted by Crippen LogP contribution is -2.23. The maximum atomic E-state index is 12.4. The van der Waals surface area contributed by atoms with Crippen LogP contribution in [0.2, 0.25) is 0 Å². The summed E-state index contributed by atoms with van der Waals surface area (Å²) in [7, 11) is -3.64. The minimum atomic E-state index is -3.64. The molecule has 0 fully saturated rings. The SMILES string of the molecule is Nc1ccc2[nH]cc(S(=O)(=O)NCc3ccccn3)c2c1. The maximum Gasteiger partial charge on any atom is 0.243 e. The molecule has 0 saturated carbocycles. The molecule has 21 heavy (non-hydrogen) atoms. The van der Waals surface area contributed by atoms with Crippen molar-refractivity contribution in [3.8, 4) is 0 Å². The Morgan fingerprint density at radius 3 is 2.86 bits per heavy atom. The maximum absolute atomic E-state index is 12.4. The van der Waals surface area contributed by atoms with Gasteiger partial charge in [-0.15, -0.1) is 0 Å². The number of hydrogen-bond acceptors (Lipinski definition) is 4. The lowest BCUT2D eigenvalue weighted by Gasteiger charge is -2.05. The summed E-state index contributed by atoms with van der Waals surface area (Å²) in [4.78, 5) is 7.20. The molecule has 4 N–H and O–H groups in total. The number of H-pyrrole nitrogens is 1. The van der Waals surface area contributed by atoms with Crippen LogP contribution < -0.4 is 10.5 Å². The van der Waals surface area contributed by atoms with Gasteiger partial charge in [0.25, 0.3) is 0 Å². The van der Waals surface area contributed by atoms with Gasteiger partial charge in [0, 0.05) is 29.0 Å². The van der Waals surface area contributed by atoms with Crippen LogP contribution in [0, 0.1) is 0 Å². The van der Waals surface area contributed by atoms with Gasteiger partial charge in [-0.05, 0) is 30.3 Å². The highest BCUT2D eigenvalue weighted by Crippen LogP contribution is 2.24. The Morgan fingerprint density at radius 2 is 2.10 bits per heavy atom. The first kappa shape index (κ1) is 13.6. The molecule has 0 radical (unpaired) electrons. The van der Waals surface area contributed by atoms with Crippen LogP contribution in [0.1, 0.15) is 5.69 Å². The van der Waals surface area contributed by atoms with E-state index in [4.69, 9.17) is 5.73 Å². The molecular weight excluding hydrogens is 288 g/mol. The lowest BCUT2D eigenvalue weighted by molar-refractivity contribution is 0.581. The van der Waals surface area contributed by atoms with Crippen molar-refractivity contribution in [2.24, 2.45) is 0 Å². The highest BCUT2D eigenvalue weighted by Gasteiger charge is 2.18. The summed E-state index contributed by atoms with van der Waals surface area (Å²) in [6.07, 6.45) is 3.08. The van der Waals surface area contributed by atoms with Crippen molar-refractivity contribution in [3.05, 3.63) is 54.5 Å². The normalized spacial score (nSPS) is 11.8. The summed E-state index contributed by atoms with van der Waals surface area (Å²) in [6, 6.07) is 10.5. The van der Waals surface area contributed by atoms with Gasteiger partial charge >= 0.3 is 0 Å². The first-order chi connectivity index (χ1) is 10.1. The fraction of sp³-hybridized carbons (Fsp3) is 0.0714. The highest BCUT2D eigenvalue weighted by molar-refractivity contribution is 7.89. The van der Waals surface area contributed by atoms with Crippen molar-refractivity contribution in [3.63, 3.8) is 0 Å². The van der Waals surface area contributed by atoms with Gasteiger partial charge in [-0.25, -0.2) is 13.1 Å². The molecule has 7 heteroatoms. The highest BCUT2D eigenvalue weighted by atomic mass is 32.2. The minimum absolute atomic E-state index is 0.137. The fourth-order valence-corrected chi connectivity index (χ4v) is 3.25. The zero-order valence-corrected chi connectivity index (χ0v) is 11.9. The van der Waals surface area contributed by atoms with Crippen LogP contribution >= 0.6 is 0 Å². The Morgan fingerprint density at radius 1 is 1.24 bits per heavy atom. The third-order valence-corrected chi connectivity index (χ3v) is 4.57. The van der Waals surface area contributed by atoms with E-state index in [0.29, 0.717) is 16.8 Å². The van der Waals surface area contributed by atoms with Gasteiger partial charge in [-0.3, -0.25) is 4.98 Å². The van der Waals surface area contributed by atoms with Crippen molar-refractivity contribution in [2.45, 2.75) is 11.4 Å². The molecule has 0 atom stereocenters. The van der Waals surface area contributed by atoms with Gasteiger partial charge in [0.15, 0.2) is 0 Å². The predicted octanol–water partition coefficient (Wildman–Crippen LogP) is 1.62. The second-order valence-electron chi connectivity index (χ2n) is 4.60. The van der Waals surface area contributed by atoms with Crippen LogP contribution in [-0.2, 0) is 16.6 Å². The zero-order chi connectivity index (χ0) is 14.9. The summed E-state index contributed by atoms with van der Waals surface area (Å²) in [5.41, 5.74) is 7.62. The van der Waals surface area contributed by atoms with E-state index in [-0.39, 0.29) is 11.4 Å². The van der Waals surface area contributed by atoms with Crippen molar-refractivity contribution in [2.75, 3.05) is 5.73 Å². The first-order valence-corrected chi connectivity index (χ1v) is 7.81. The standard InChI is InChI=1S/C14H14N4O2S/c15-10-4-5-13-12(7-10)14(9-17-13)21(19,20)18-8-11-3-1-2-6-16-11/h1-7,9,17-18H,8,15H2. The number of anilines is 1. The predicted molar refractivity (Wildman–Crippen MR) is 81.0 cm³/mol. The summed E-state index contributed by atoms with van der Waals surface area (Å²) >= 11 is 0. The van der Waals surface area contributed by atoms with Crippen molar-refractivity contribution >= 4 is 26.6 Å². The molecule has 3 rings (SSSR count). The summed E-state index contributed by atoms with van der Waals surface area (Å²) in [5, 5.41) is 0.573. The molecule has 0 saturated heterocycles. The molecule has 0 aliphatic rings. The second-order valence-corrected chi connectivity index (χ2v) is 6.34. The Bertz CT molecular complexity index is 872. The van der Waals surface area contributed by atoms with E-state index in [0.717, 1.165) is 5.52 Å². The number of aromatic amines is 1. The Hall–Kier alpha value is -2.38. The van der Waals surface area contributed by atoms with Crippen molar-refractivity contribution < 1.29 is 8.42 Å². The quantitative estimate of drug-likeness (QED) is 0.637. The average Bonchev–Trinajstić information content (AvgIpc) is 2.90. The number of nitrogens with one attached hydrogen (secondary N) is 2. The average molecular weight is 302 g/mol. The van der Waals surface area contributed by atoms with E-state index in [1.807, 2.05) is 6.07 Å². The number of aromatic nitrogens is 2. The number of nitrogens with two attached hydrogens (primary N) is 1. The second kappa shape index (κ2) is 5.19. The smallest absolute Gasteiger partial charge is 0.243 e. The van der Waals surface area contributed by atoms with Crippen LogP contribution in [0.15, 0.2) is 53.7 Å². The van der Waals surface area contributed by atoms with Gasteiger partial charge in [0.1, 0.15) is 4.90 Å². The molecule has 0 amide bonds. The molecular formula is C14H14N4O2S. The molecule has 0 aliphatic carbocycles. The number of nitrogens with zero attached hydrogens (tertiary/aromatic N) is 1. The zero-order valence-electron chi connectivity index (χ0n) is 11.1. The van der Waals surface area contributed by atoms with E-state index in [1.54, 1.807) is 36.5 Å². The van der Waals surface area contributed by atoms with Crippen LogP contribution in [-0.4, -0.2) is 18.4 Å². The van der Waals surface area contributed by atoms with Gasteiger partial charge in [0.05, 0.1) is 12.2 Å². The summed E-state index contributed by atoms with van der Waals surface area (Å²) < 4.78 is 27.3. The number of fused-ring (bicyclic) bond motifs is 1. The van der Waals surface area contributed by atoms with Crippen LogP contribution in [0.3, 0.4) is 0 Å². The Labute approximate surface area is 122 Å². The molecule has 0 unspecified atom stereocenters. The molecule has 6 nitrogen and oxygen atoms in total. The Kier molecular flexibility index (Phi) is 3.36. The Balaban J connectivity index is 1.91. The molecule has 108 valence electrons. The molecule has 0 spiro atoms. The largest absolute Gasteiger partial charge is 0.399 e. The van der Waals surface area contributed by atoms with Gasteiger partial charge < -0.3 is 10.7 Å². The minimum Gasteiger partial charge on any atom is -0.399 e. The first-order valence-electron chi connectivity index (χ1n) is 6.32.